The van der Waals surface area contributed by atoms with Gasteiger partial charge in [0, 0.05) is 11.5 Å². The van der Waals surface area contributed by atoms with Gasteiger partial charge in [-0.15, -0.1) is 0 Å². The molecule has 0 saturated carbocycles. The first-order valence-electron chi connectivity index (χ1n) is 6.21. The molecule has 0 aliphatic rings. The third-order valence-corrected chi connectivity index (χ3v) is 3.05. The fraction of sp³-hybridized carbons (Fsp3) is 0.143. The van der Waals surface area contributed by atoms with E-state index in [9.17, 15) is 14.7 Å². The second kappa shape index (κ2) is 4.86. The molecule has 0 aliphatic carbocycles. The van der Waals surface area contributed by atoms with Crippen LogP contribution >= 0.6 is 0 Å². The monoisotopic (exact) mass is 285 g/mol. The molecule has 0 unspecified atom stereocenters. The fourth-order valence-electron chi connectivity index (χ4n) is 2.14. The lowest BCUT2D eigenvalue weighted by molar-refractivity contribution is 0.0690. The van der Waals surface area contributed by atoms with Gasteiger partial charge in [0.1, 0.15) is 6.54 Å². The molecule has 1 aromatic carbocycles. The van der Waals surface area contributed by atoms with Crippen LogP contribution in [0.2, 0.25) is 0 Å². The molecule has 21 heavy (non-hydrogen) atoms. The normalized spacial score (nSPS) is 10.9. The largest absolute Gasteiger partial charge is 0.476 e. The van der Waals surface area contributed by atoms with E-state index in [-0.39, 0.29) is 17.8 Å². The van der Waals surface area contributed by atoms with Crippen LogP contribution in [0.1, 0.15) is 21.9 Å². The number of nitrogens with zero attached hydrogens (tertiary/aromatic N) is 3. The number of carbonyl (C=O) groups is 1. The van der Waals surface area contributed by atoms with Crippen molar-refractivity contribution in [2.24, 2.45) is 0 Å². The number of hydrogen-bond donors (Lipinski definition) is 1. The van der Waals surface area contributed by atoms with Gasteiger partial charge in [0.15, 0.2) is 11.5 Å². The molecular weight excluding hydrogens is 274 g/mol. The Kier molecular flexibility index (Phi) is 3.02. The molecule has 0 aliphatic heterocycles. The Hall–Kier alpha value is -2.96. The van der Waals surface area contributed by atoms with Crippen LogP contribution in [0, 0.1) is 6.92 Å². The molecule has 3 aromatic rings. The number of fused-ring (bicyclic) bond motifs is 1. The second-order valence-corrected chi connectivity index (χ2v) is 4.60. The maximum atomic E-state index is 12.4. The molecule has 0 radical (unpaired) electrons. The molecule has 0 fully saturated rings. The van der Waals surface area contributed by atoms with Crippen LogP contribution in [-0.2, 0) is 6.54 Å². The van der Waals surface area contributed by atoms with E-state index in [1.165, 1.54) is 0 Å². The van der Waals surface area contributed by atoms with Crippen LogP contribution in [0.5, 0.6) is 0 Å². The fourth-order valence-corrected chi connectivity index (χ4v) is 2.14. The van der Waals surface area contributed by atoms with Gasteiger partial charge in [0.25, 0.3) is 5.56 Å². The zero-order valence-corrected chi connectivity index (χ0v) is 11.1. The van der Waals surface area contributed by atoms with Crippen molar-refractivity contribution in [1.29, 1.82) is 0 Å². The van der Waals surface area contributed by atoms with Crippen LogP contribution in [0.4, 0.5) is 0 Å². The van der Waals surface area contributed by atoms with Crippen molar-refractivity contribution < 1.29 is 14.4 Å². The molecule has 2 aromatic heterocycles. The molecule has 0 amide bonds. The first-order chi connectivity index (χ1) is 10.1. The van der Waals surface area contributed by atoms with Gasteiger partial charge in [0.05, 0.1) is 11.1 Å². The number of carboxylic acid groups (broad SMARTS) is 1. The Morgan fingerprint density at radius 1 is 1.33 bits per heavy atom. The minimum atomic E-state index is -1.19. The zero-order valence-electron chi connectivity index (χ0n) is 11.1. The van der Waals surface area contributed by atoms with Gasteiger partial charge < -0.3 is 9.63 Å². The molecule has 0 spiro atoms. The van der Waals surface area contributed by atoms with Crippen molar-refractivity contribution >= 4 is 16.7 Å². The summed E-state index contributed by atoms with van der Waals surface area (Å²) < 4.78 is 6.11. The third-order valence-electron chi connectivity index (χ3n) is 3.05. The first kappa shape index (κ1) is 13.0. The van der Waals surface area contributed by atoms with E-state index in [0.29, 0.717) is 22.2 Å². The smallest absolute Gasteiger partial charge is 0.357 e. The predicted molar refractivity (Wildman–Crippen MR) is 73.3 cm³/mol. The van der Waals surface area contributed by atoms with Crippen LogP contribution in [0.25, 0.3) is 10.8 Å². The van der Waals surface area contributed by atoms with Gasteiger partial charge in [-0.05, 0) is 13.0 Å². The van der Waals surface area contributed by atoms with E-state index >= 15 is 0 Å². The molecular formula is C14H11N3O4. The lowest BCUT2D eigenvalue weighted by atomic mass is 10.1. The number of carboxylic acids is 1. The highest BCUT2D eigenvalue weighted by atomic mass is 16.5. The number of rotatable bonds is 3. The first-order valence-corrected chi connectivity index (χ1v) is 6.21. The minimum Gasteiger partial charge on any atom is -0.476 e. The van der Waals surface area contributed by atoms with Crippen LogP contribution in [-0.4, -0.2) is 26.0 Å². The molecule has 0 bridgehead atoms. The summed E-state index contributed by atoms with van der Waals surface area (Å²) in [5.74, 6) is -0.748. The number of benzene rings is 1. The third kappa shape index (κ3) is 2.29. The van der Waals surface area contributed by atoms with Gasteiger partial charge in [-0.1, -0.05) is 23.4 Å². The van der Waals surface area contributed by atoms with Gasteiger partial charge in [-0.3, -0.25) is 4.79 Å². The summed E-state index contributed by atoms with van der Waals surface area (Å²) in [6, 6.07) is 8.16. The lowest BCUT2D eigenvalue weighted by Crippen LogP contribution is -2.26. The Morgan fingerprint density at radius 2 is 2.05 bits per heavy atom. The molecule has 106 valence electrons. The summed E-state index contributed by atoms with van der Waals surface area (Å²) >= 11 is 0. The average molecular weight is 285 g/mol. The molecule has 1 N–H and O–H groups in total. The van der Waals surface area contributed by atoms with Crippen molar-refractivity contribution in [3.63, 3.8) is 0 Å². The molecule has 2 heterocycles. The van der Waals surface area contributed by atoms with Crippen LogP contribution < -0.4 is 5.56 Å². The molecule has 0 saturated heterocycles. The van der Waals surface area contributed by atoms with E-state index in [1.807, 2.05) is 0 Å². The van der Waals surface area contributed by atoms with E-state index < -0.39 is 5.97 Å². The van der Waals surface area contributed by atoms with Gasteiger partial charge in [-0.25, -0.2) is 9.48 Å². The summed E-state index contributed by atoms with van der Waals surface area (Å²) in [7, 11) is 0. The number of aryl methyl sites for hydroxylation is 1. The highest BCUT2D eigenvalue weighted by molar-refractivity contribution is 6.01. The summed E-state index contributed by atoms with van der Waals surface area (Å²) in [6.45, 7) is 1.79. The maximum absolute atomic E-state index is 12.4. The number of hydrogen-bond acceptors (Lipinski definition) is 5. The highest BCUT2D eigenvalue weighted by Crippen LogP contribution is 2.13. The van der Waals surface area contributed by atoms with Crippen molar-refractivity contribution in [1.82, 2.24) is 14.9 Å². The quantitative estimate of drug-likeness (QED) is 0.781. The van der Waals surface area contributed by atoms with Gasteiger partial charge >= 0.3 is 5.97 Å². The summed E-state index contributed by atoms with van der Waals surface area (Å²) in [4.78, 5) is 23.7. The number of aromatic nitrogens is 3. The maximum Gasteiger partial charge on any atom is 0.357 e. The SMILES string of the molecule is Cc1cc(Cn2nc(C(=O)O)c3ccccc3c2=O)on1. The number of aromatic carboxylic acids is 1. The molecule has 7 heteroatoms. The summed E-state index contributed by atoms with van der Waals surface area (Å²) in [5, 5.41) is 17.5. The standard InChI is InChI=1S/C14H11N3O4/c1-8-6-9(21-16-8)7-17-13(18)11-5-3-2-4-10(11)12(15-17)14(19)20/h2-6H,7H2,1H3,(H,19,20). The highest BCUT2D eigenvalue weighted by Gasteiger charge is 2.16. The summed E-state index contributed by atoms with van der Waals surface area (Å²) in [5.41, 5.74) is 0.142. The van der Waals surface area contributed by atoms with Crippen molar-refractivity contribution in [2.45, 2.75) is 13.5 Å². The topological polar surface area (TPSA) is 98.2 Å². The van der Waals surface area contributed by atoms with Crippen molar-refractivity contribution in [2.75, 3.05) is 0 Å². The van der Waals surface area contributed by atoms with E-state index in [2.05, 4.69) is 10.3 Å². The van der Waals surface area contributed by atoms with E-state index in [1.54, 1.807) is 37.3 Å². The Bertz CT molecular complexity index is 895. The Labute approximate surface area is 118 Å². The van der Waals surface area contributed by atoms with Crippen LogP contribution in [0.3, 0.4) is 0 Å². The van der Waals surface area contributed by atoms with E-state index in [0.717, 1.165) is 4.68 Å². The zero-order chi connectivity index (χ0) is 15.0. The Balaban J connectivity index is 2.21. The average Bonchev–Trinajstić information content (AvgIpc) is 2.87. The Morgan fingerprint density at radius 3 is 2.67 bits per heavy atom. The van der Waals surface area contributed by atoms with Crippen LogP contribution in [0.15, 0.2) is 39.6 Å². The summed E-state index contributed by atoms with van der Waals surface area (Å²) in [6.07, 6.45) is 0. The van der Waals surface area contributed by atoms with Crippen molar-refractivity contribution in [3.8, 4) is 0 Å². The van der Waals surface area contributed by atoms with Crippen molar-refractivity contribution in [3.05, 3.63) is 57.8 Å². The van der Waals surface area contributed by atoms with Gasteiger partial charge in [0.2, 0.25) is 0 Å². The molecule has 7 nitrogen and oxygen atoms in total. The predicted octanol–water partition coefficient (Wildman–Crippen LogP) is 1.44. The molecule has 0 atom stereocenters. The second-order valence-electron chi connectivity index (χ2n) is 4.60. The van der Waals surface area contributed by atoms with Gasteiger partial charge in [-0.2, -0.15) is 5.10 Å². The van der Waals surface area contributed by atoms with E-state index in [4.69, 9.17) is 4.52 Å². The lowest BCUT2D eigenvalue weighted by Gasteiger charge is -2.07. The molecule has 3 rings (SSSR count). The minimum absolute atomic E-state index is 0.0325.